The van der Waals surface area contributed by atoms with E-state index in [-0.39, 0.29) is 12.5 Å². The van der Waals surface area contributed by atoms with Gasteiger partial charge in [-0.25, -0.2) is 4.98 Å². The quantitative estimate of drug-likeness (QED) is 0.871. The highest BCUT2D eigenvalue weighted by Gasteiger charge is 2.50. The van der Waals surface area contributed by atoms with Crippen molar-refractivity contribution in [2.45, 2.75) is 38.5 Å². The van der Waals surface area contributed by atoms with Crippen LogP contribution in [0.25, 0.3) is 11.0 Å². The lowest BCUT2D eigenvalue weighted by atomic mass is 10.1. The molecule has 2 aromatic heterocycles. The average molecular weight is 328 g/mol. The number of fused-ring (bicyclic) bond motifs is 1. The Labute approximate surface area is 139 Å². The van der Waals surface area contributed by atoms with Gasteiger partial charge in [0.2, 0.25) is 0 Å². The highest BCUT2D eigenvalue weighted by molar-refractivity contribution is 6.06. The number of pyridine rings is 1. The zero-order chi connectivity index (χ0) is 17.1. The number of carboxylic acids is 1. The van der Waals surface area contributed by atoms with Gasteiger partial charge in [-0.05, 0) is 38.7 Å². The minimum absolute atomic E-state index is 0.170. The fourth-order valence-electron chi connectivity index (χ4n) is 3.19. The lowest BCUT2D eigenvalue weighted by Gasteiger charge is -2.12. The van der Waals surface area contributed by atoms with E-state index in [1.54, 1.807) is 4.68 Å². The van der Waals surface area contributed by atoms with Crippen LogP contribution in [0.15, 0.2) is 6.07 Å². The molecule has 2 heterocycles. The summed E-state index contributed by atoms with van der Waals surface area (Å²) in [4.78, 5) is 28.7. The van der Waals surface area contributed by atoms with Crippen LogP contribution in [0.5, 0.6) is 0 Å². The molecule has 0 bridgehead atoms. The average Bonchev–Trinajstić information content (AvgIpc) is 3.45. The molecular weight excluding hydrogens is 308 g/mol. The molecule has 2 aliphatic rings. The van der Waals surface area contributed by atoms with E-state index in [9.17, 15) is 14.7 Å². The van der Waals surface area contributed by atoms with Gasteiger partial charge in [-0.1, -0.05) is 0 Å². The van der Waals surface area contributed by atoms with E-state index in [0.29, 0.717) is 30.0 Å². The minimum atomic E-state index is -0.834. The molecule has 0 unspecified atom stereocenters. The summed E-state index contributed by atoms with van der Waals surface area (Å²) in [5.74, 6) is -0.656. The number of nitrogens with zero attached hydrogens (tertiary/aromatic N) is 3. The molecule has 4 rings (SSSR count). The third-order valence-corrected chi connectivity index (χ3v) is 5.12. The zero-order valence-electron chi connectivity index (χ0n) is 13.8. The molecule has 1 amide bonds. The van der Waals surface area contributed by atoms with Crippen molar-refractivity contribution in [1.82, 2.24) is 20.1 Å². The van der Waals surface area contributed by atoms with E-state index in [2.05, 4.69) is 15.4 Å². The van der Waals surface area contributed by atoms with Crippen LogP contribution in [-0.2, 0) is 11.8 Å². The van der Waals surface area contributed by atoms with Gasteiger partial charge < -0.3 is 10.4 Å². The number of aromatic nitrogens is 3. The second-order valence-corrected chi connectivity index (χ2v) is 7.04. The number of carboxylic acid groups (broad SMARTS) is 1. The summed E-state index contributed by atoms with van der Waals surface area (Å²) < 4.78 is 1.70. The lowest BCUT2D eigenvalue weighted by molar-refractivity contribution is -0.143. The molecule has 2 fully saturated rings. The van der Waals surface area contributed by atoms with E-state index in [1.807, 2.05) is 20.0 Å². The Morgan fingerprint density at radius 1 is 1.42 bits per heavy atom. The zero-order valence-corrected chi connectivity index (χ0v) is 13.8. The molecule has 2 N–H and O–H groups in total. The SMILES string of the molecule is Cc1nn(C)c2nc(C3CC3)cc(C(=O)NCC3(C(=O)O)CC3)c12. The van der Waals surface area contributed by atoms with Crippen molar-refractivity contribution in [3.8, 4) is 0 Å². The topological polar surface area (TPSA) is 97.1 Å². The highest BCUT2D eigenvalue weighted by atomic mass is 16.4. The maximum atomic E-state index is 12.7. The molecule has 0 aromatic carbocycles. The fourth-order valence-corrected chi connectivity index (χ4v) is 3.19. The molecule has 2 saturated carbocycles. The van der Waals surface area contributed by atoms with Crippen LogP contribution in [0.3, 0.4) is 0 Å². The van der Waals surface area contributed by atoms with Crippen LogP contribution in [-0.4, -0.2) is 38.3 Å². The number of aryl methyl sites for hydroxylation is 2. The molecule has 0 saturated heterocycles. The van der Waals surface area contributed by atoms with E-state index in [1.165, 1.54) is 0 Å². The van der Waals surface area contributed by atoms with Crippen molar-refractivity contribution in [1.29, 1.82) is 0 Å². The number of aliphatic carboxylic acids is 1. The van der Waals surface area contributed by atoms with Gasteiger partial charge >= 0.3 is 5.97 Å². The number of amides is 1. The maximum Gasteiger partial charge on any atom is 0.311 e. The number of hydrogen-bond acceptors (Lipinski definition) is 4. The summed E-state index contributed by atoms with van der Waals surface area (Å²) in [6.45, 7) is 2.03. The second-order valence-electron chi connectivity index (χ2n) is 7.04. The van der Waals surface area contributed by atoms with Crippen molar-refractivity contribution < 1.29 is 14.7 Å². The predicted molar refractivity (Wildman–Crippen MR) is 86.9 cm³/mol. The first kappa shape index (κ1) is 15.1. The standard InChI is InChI=1S/C17H20N4O3/c1-9-13-11(15(22)18-8-17(5-6-17)16(23)24)7-12(10-3-4-10)19-14(13)21(2)20-9/h7,10H,3-6,8H2,1-2H3,(H,18,22)(H,23,24). The van der Waals surface area contributed by atoms with Gasteiger partial charge in [-0.15, -0.1) is 0 Å². The summed E-state index contributed by atoms with van der Waals surface area (Å²) in [5.41, 5.74) is 2.17. The van der Waals surface area contributed by atoms with Crippen molar-refractivity contribution in [2.24, 2.45) is 12.5 Å². The Kier molecular flexibility index (Phi) is 3.16. The smallest absolute Gasteiger partial charge is 0.311 e. The van der Waals surface area contributed by atoms with Crippen LogP contribution in [0.4, 0.5) is 0 Å². The Bertz CT molecular complexity index is 862. The molecule has 7 nitrogen and oxygen atoms in total. The normalized spacial score (nSPS) is 18.6. The monoisotopic (exact) mass is 328 g/mol. The maximum absolute atomic E-state index is 12.7. The van der Waals surface area contributed by atoms with Crippen LogP contribution in [0, 0.1) is 12.3 Å². The summed E-state index contributed by atoms with van der Waals surface area (Å²) in [7, 11) is 1.82. The van der Waals surface area contributed by atoms with Crippen LogP contribution >= 0.6 is 0 Å². The van der Waals surface area contributed by atoms with Gasteiger partial charge in [0.25, 0.3) is 5.91 Å². The first-order valence-corrected chi connectivity index (χ1v) is 8.27. The first-order chi connectivity index (χ1) is 11.4. The van der Waals surface area contributed by atoms with Gasteiger partial charge in [0.15, 0.2) is 5.65 Å². The van der Waals surface area contributed by atoms with Gasteiger partial charge in [-0.2, -0.15) is 5.10 Å². The molecule has 0 spiro atoms. The third-order valence-electron chi connectivity index (χ3n) is 5.12. The van der Waals surface area contributed by atoms with Crippen LogP contribution in [0.1, 0.15) is 53.3 Å². The van der Waals surface area contributed by atoms with Gasteiger partial charge in [0.05, 0.1) is 22.1 Å². The van der Waals surface area contributed by atoms with Gasteiger partial charge in [-0.3, -0.25) is 14.3 Å². The largest absolute Gasteiger partial charge is 0.481 e. The summed E-state index contributed by atoms with van der Waals surface area (Å²) in [6.07, 6.45) is 3.43. The number of carbonyl (C=O) groups is 2. The Morgan fingerprint density at radius 2 is 2.12 bits per heavy atom. The fraction of sp³-hybridized carbons (Fsp3) is 0.529. The molecule has 0 radical (unpaired) electrons. The van der Waals surface area contributed by atoms with E-state index < -0.39 is 11.4 Å². The summed E-state index contributed by atoms with van der Waals surface area (Å²) in [6, 6.07) is 1.85. The lowest BCUT2D eigenvalue weighted by Crippen LogP contribution is -2.34. The molecular formula is C17H20N4O3. The number of hydrogen-bond donors (Lipinski definition) is 2. The summed E-state index contributed by atoms with van der Waals surface area (Å²) >= 11 is 0. The number of carbonyl (C=O) groups excluding carboxylic acids is 1. The van der Waals surface area contributed by atoms with E-state index in [0.717, 1.165) is 29.6 Å². The molecule has 24 heavy (non-hydrogen) atoms. The van der Waals surface area contributed by atoms with E-state index >= 15 is 0 Å². The predicted octanol–water partition coefficient (Wildman–Crippen LogP) is 1.75. The number of nitrogens with one attached hydrogen (secondary N) is 1. The molecule has 2 aromatic rings. The van der Waals surface area contributed by atoms with E-state index in [4.69, 9.17) is 0 Å². The van der Waals surface area contributed by atoms with Crippen molar-refractivity contribution in [3.05, 3.63) is 23.0 Å². The highest BCUT2D eigenvalue weighted by Crippen LogP contribution is 2.45. The molecule has 126 valence electrons. The van der Waals surface area contributed by atoms with Crippen molar-refractivity contribution in [2.75, 3.05) is 6.54 Å². The minimum Gasteiger partial charge on any atom is -0.481 e. The second kappa shape index (κ2) is 5.03. The summed E-state index contributed by atoms with van der Waals surface area (Å²) in [5, 5.41) is 17.2. The Hall–Kier alpha value is -2.44. The first-order valence-electron chi connectivity index (χ1n) is 8.27. The van der Waals surface area contributed by atoms with Gasteiger partial charge in [0.1, 0.15) is 0 Å². The number of rotatable bonds is 5. The molecule has 0 atom stereocenters. The Balaban J connectivity index is 1.69. The van der Waals surface area contributed by atoms with Crippen molar-refractivity contribution >= 4 is 22.9 Å². The van der Waals surface area contributed by atoms with Crippen LogP contribution in [0.2, 0.25) is 0 Å². The molecule has 0 aliphatic heterocycles. The third kappa shape index (κ3) is 2.35. The molecule has 7 heteroatoms. The Morgan fingerprint density at radius 3 is 2.71 bits per heavy atom. The van der Waals surface area contributed by atoms with Crippen LogP contribution < -0.4 is 5.32 Å². The van der Waals surface area contributed by atoms with Gasteiger partial charge in [0, 0.05) is 25.2 Å². The molecule has 2 aliphatic carbocycles. The van der Waals surface area contributed by atoms with Crippen molar-refractivity contribution in [3.63, 3.8) is 0 Å².